The van der Waals surface area contributed by atoms with Crippen molar-refractivity contribution >= 4 is 10.0 Å². The van der Waals surface area contributed by atoms with E-state index in [1.54, 1.807) is 0 Å². The number of aromatic nitrogens is 1. The molecule has 0 saturated heterocycles. The van der Waals surface area contributed by atoms with Crippen molar-refractivity contribution < 1.29 is 13.5 Å². The second-order valence-electron chi connectivity index (χ2n) is 4.51. The number of rotatable bonds is 6. The Hall–Kier alpha value is -1.18. The first-order chi connectivity index (χ1) is 8.33. The van der Waals surface area contributed by atoms with E-state index in [0.717, 1.165) is 12.3 Å². The molecule has 0 aliphatic carbocycles. The van der Waals surface area contributed by atoms with Crippen LogP contribution in [0, 0.1) is 5.92 Å². The number of hydrogen-bond donors (Lipinski definition) is 3. The number of hydrogen-bond acceptors (Lipinski definition) is 4. The molecule has 0 spiro atoms. The number of nitrogens with one attached hydrogen (secondary N) is 2. The Kier molecular flexibility index (Phi) is 5.06. The zero-order valence-electron chi connectivity index (χ0n) is 10.4. The van der Waals surface area contributed by atoms with E-state index in [1.807, 2.05) is 13.8 Å². The molecule has 7 heteroatoms. The van der Waals surface area contributed by atoms with E-state index in [2.05, 4.69) is 9.71 Å². The quantitative estimate of drug-likeness (QED) is 0.683. The molecule has 0 bridgehead atoms. The molecule has 0 fully saturated rings. The third-order valence-corrected chi connectivity index (χ3v) is 3.77. The lowest BCUT2D eigenvalue weighted by atomic mass is 10.1. The number of pyridine rings is 1. The van der Waals surface area contributed by atoms with E-state index in [0.29, 0.717) is 6.42 Å². The molecule has 102 valence electrons. The van der Waals surface area contributed by atoms with Crippen LogP contribution in [0.3, 0.4) is 0 Å². The molecule has 1 rings (SSSR count). The summed E-state index contributed by atoms with van der Waals surface area (Å²) in [7, 11) is -3.88. The van der Waals surface area contributed by atoms with Crippen LogP contribution in [0.15, 0.2) is 28.2 Å². The monoisotopic (exact) mass is 274 g/mol. The summed E-state index contributed by atoms with van der Waals surface area (Å²) in [6.07, 6.45) is 2.21. The van der Waals surface area contributed by atoms with Crippen molar-refractivity contribution in [3.05, 3.63) is 28.7 Å². The van der Waals surface area contributed by atoms with Gasteiger partial charge < -0.3 is 10.1 Å². The predicted octanol–water partition coefficient (Wildman–Crippen LogP) is 0.0602. The van der Waals surface area contributed by atoms with Gasteiger partial charge in [-0.2, -0.15) is 0 Å². The average Bonchev–Trinajstić information content (AvgIpc) is 2.26. The molecular weight excluding hydrogens is 256 g/mol. The molecule has 1 unspecified atom stereocenters. The van der Waals surface area contributed by atoms with Crippen LogP contribution in [-0.4, -0.2) is 31.2 Å². The van der Waals surface area contributed by atoms with Gasteiger partial charge >= 0.3 is 0 Å². The van der Waals surface area contributed by atoms with Gasteiger partial charge in [-0.15, -0.1) is 0 Å². The summed E-state index contributed by atoms with van der Waals surface area (Å²) in [5.74, 6) is 0.268. The van der Waals surface area contributed by atoms with Crippen molar-refractivity contribution in [3.8, 4) is 0 Å². The molecule has 1 aromatic heterocycles. The highest BCUT2D eigenvalue weighted by molar-refractivity contribution is 7.89. The van der Waals surface area contributed by atoms with Crippen molar-refractivity contribution in [2.24, 2.45) is 5.92 Å². The van der Waals surface area contributed by atoms with Crippen molar-refractivity contribution in [2.75, 3.05) is 6.54 Å². The summed E-state index contributed by atoms with van der Waals surface area (Å²) in [5.41, 5.74) is -0.584. The summed E-state index contributed by atoms with van der Waals surface area (Å²) < 4.78 is 25.8. The Balaban J connectivity index is 2.72. The largest absolute Gasteiger partial charge is 0.392 e. The minimum absolute atomic E-state index is 0.102. The summed E-state index contributed by atoms with van der Waals surface area (Å²) in [5, 5.41) is 9.59. The Morgan fingerprint density at radius 3 is 2.67 bits per heavy atom. The van der Waals surface area contributed by atoms with Gasteiger partial charge in [-0.3, -0.25) is 4.79 Å². The molecule has 18 heavy (non-hydrogen) atoms. The van der Waals surface area contributed by atoms with Gasteiger partial charge in [-0.1, -0.05) is 13.8 Å². The number of aliphatic hydroxyl groups is 1. The second-order valence-corrected chi connectivity index (χ2v) is 6.24. The molecule has 3 N–H and O–H groups in total. The minimum Gasteiger partial charge on any atom is -0.392 e. The van der Waals surface area contributed by atoms with Crippen LogP contribution in [0.1, 0.15) is 20.3 Å². The average molecular weight is 274 g/mol. The molecule has 0 aliphatic rings. The van der Waals surface area contributed by atoms with Gasteiger partial charge in [-0.05, 0) is 12.3 Å². The Bertz CT molecular complexity index is 536. The highest BCUT2D eigenvalue weighted by Crippen LogP contribution is 2.05. The maximum absolute atomic E-state index is 11.8. The van der Waals surface area contributed by atoms with E-state index < -0.39 is 21.6 Å². The first-order valence-electron chi connectivity index (χ1n) is 5.67. The van der Waals surface area contributed by atoms with E-state index >= 15 is 0 Å². The third-order valence-electron chi connectivity index (χ3n) is 2.33. The summed E-state index contributed by atoms with van der Waals surface area (Å²) >= 11 is 0. The first-order valence-corrected chi connectivity index (χ1v) is 7.16. The zero-order chi connectivity index (χ0) is 13.8. The number of H-pyrrole nitrogens is 1. The lowest BCUT2D eigenvalue weighted by Crippen LogP contribution is -2.35. The molecule has 1 atom stereocenters. The predicted molar refractivity (Wildman–Crippen MR) is 67.7 cm³/mol. The van der Waals surface area contributed by atoms with Crippen molar-refractivity contribution in [3.63, 3.8) is 0 Å². The fourth-order valence-corrected chi connectivity index (χ4v) is 2.65. The van der Waals surface area contributed by atoms with Gasteiger partial charge in [0.25, 0.3) is 0 Å². The van der Waals surface area contributed by atoms with E-state index in [9.17, 15) is 18.3 Å². The lowest BCUT2D eigenvalue weighted by Gasteiger charge is -2.13. The fraction of sp³-hybridized carbons (Fsp3) is 0.545. The van der Waals surface area contributed by atoms with Crippen LogP contribution < -0.4 is 10.2 Å². The topological polar surface area (TPSA) is 99.3 Å². The normalized spacial score (nSPS) is 13.8. The summed E-state index contributed by atoms with van der Waals surface area (Å²) in [4.78, 5) is 13.6. The van der Waals surface area contributed by atoms with Crippen LogP contribution in [0.4, 0.5) is 0 Å². The molecular formula is C11H18N2O4S. The molecule has 0 amide bonds. The van der Waals surface area contributed by atoms with E-state index in [1.165, 1.54) is 6.20 Å². The van der Waals surface area contributed by atoms with Gasteiger partial charge in [0, 0.05) is 25.0 Å². The standard InChI is InChI=1S/C11H18N2O4S/c1-8(2)5-9(14)6-13-18(16,17)11-7-12-4-3-10(11)15/h3-4,7-9,13-14H,5-6H2,1-2H3,(H,12,15). The SMILES string of the molecule is CC(C)CC(O)CNS(=O)(=O)c1c[nH]ccc1=O. The Labute approximate surface area is 106 Å². The van der Waals surface area contributed by atoms with E-state index in [4.69, 9.17) is 0 Å². The molecule has 1 aromatic rings. The molecule has 0 aromatic carbocycles. The molecule has 0 aliphatic heterocycles. The van der Waals surface area contributed by atoms with Crippen molar-refractivity contribution in [2.45, 2.75) is 31.3 Å². The molecule has 1 heterocycles. The fourth-order valence-electron chi connectivity index (χ4n) is 1.52. The number of aromatic amines is 1. The minimum atomic E-state index is -3.88. The first kappa shape index (κ1) is 14.9. The number of aliphatic hydroxyl groups excluding tert-OH is 1. The van der Waals surface area contributed by atoms with Crippen LogP contribution in [-0.2, 0) is 10.0 Å². The summed E-state index contributed by atoms with van der Waals surface area (Å²) in [6.45, 7) is 3.76. The lowest BCUT2D eigenvalue weighted by molar-refractivity contribution is 0.152. The smallest absolute Gasteiger partial charge is 0.246 e. The van der Waals surface area contributed by atoms with Gasteiger partial charge in [0.05, 0.1) is 6.10 Å². The van der Waals surface area contributed by atoms with Crippen LogP contribution >= 0.6 is 0 Å². The summed E-state index contributed by atoms with van der Waals surface area (Å²) in [6, 6.07) is 1.14. The number of sulfonamides is 1. The molecule has 6 nitrogen and oxygen atoms in total. The van der Waals surface area contributed by atoms with Crippen molar-refractivity contribution in [1.82, 2.24) is 9.71 Å². The second kappa shape index (κ2) is 6.12. The van der Waals surface area contributed by atoms with Crippen molar-refractivity contribution in [1.29, 1.82) is 0 Å². The van der Waals surface area contributed by atoms with Gasteiger partial charge in [0.2, 0.25) is 15.5 Å². The van der Waals surface area contributed by atoms with Gasteiger partial charge in [0.1, 0.15) is 4.90 Å². The third kappa shape index (κ3) is 4.25. The van der Waals surface area contributed by atoms with Gasteiger partial charge in [-0.25, -0.2) is 13.1 Å². The Morgan fingerprint density at radius 2 is 2.11 bits per heavy atom. The zero-order valence-corrected chi connectivity index (χ0v) is 11.2. The van der Waals surface area contributed by atoms with Crippen LogP contribution in [0.25, 0.3) is 0 Å². The van der Waals surface area contributed by atoms with Crippen LogP contribution in [0.2, 0.25) is 0 Å². The molecule has 0 radical (unpaired) electrons. The highest BCUT2D eigenvalue weighted by atomic mass is 32.2. The maximum Gasteiger partial charge on any atom is 0.246 e. The van der Waals surface area contributed by atoms with E-state index in [-0.39, 0.29) is 17.4 Å². The Morgan fingerprint density at radius 1 is 1.44 bits per heavy atom. The highest BCUT2D eigenvalue weighted by Gasteiger charge is 2.19. The van der Waals surface area contributed by atoms with Crippen LogP contribution in [0.5, 0.6) is 0 Å². The van der Waals surface area contributed by atoms with Gasteiger partial charge in [0.15, 0.2) is 0 Å². The maximum atomic E-state index is 11.8. The molecule has 0 saturated carbocycles.